The lowest BCUT2D eigenvalue weighted by atomic mass is 9.94. The first-order valence-corrected chi connectivity index (χ1v) is 13.4. The summed E-state index contributed by atoms with van der Waals surface area (Å²) in [5, 5.41) is 0.740. The van der Waals surface area contributed by atoms with Crippen LogP contribution < -0.4 is 9.47 Å². The maximum Gasteiger partial charge on any atom is 0.358 e. The summed E-state index contributed by atoms with van der Waals surface area (Å²) in [5.74, 6) is 1.29. The van der Waals surface area contributed by atoms with Gasteiger partial charge in [0.2, 0.25) is 5.91 Å². The Morgan fingerprint density at radius 1 is 1.00 bits per heavy atom. The number of thiazole rings is 1. The van der Waals surface area contributed by atoms with Crippen molar-refractivity contribution in [3.8, 4) is 11.5 Å². The highest BCUT2D eigenvalue weighted by Crippen LogP contribution is 2.50. The highest BCUT2D eigenvalue weighted by molar-refractivity contribution is 7.11. The van der Waals surface area contributed by atoms with Crippen LogP contribution in [-0.4, -0.2) is 49.1 Å². The molecular weight excluding hydrogens is 488 g/mol. The monoisotopic (exact) mass is 522 g/mol. The molecule has 1 aliphatic rings. The third-order valence-corrected chi connectivity index (χ3v) is 7.73. The summed E-state index contributed by atoms with van der Waals surface area (Å²) >= 11 is 1.44. The van der Waals surface area contributed by atoms with Gasteiger partial charge in [0.1, 0.15) is 16.5 Å². The van der Waals surface area contributed by atoms with E-state index in [4.69, 9.17) is 14.2 Å². The molecule has 8 heteroatoms. The lowest BCUT2D eigenvalue weighted by Gasteiger charge is -2.27. The molecule has 7 nitrogen and oxygen atoms in total. The summed E-state index contributed by atoms with van der Waals surface area (Å²) in [6, 6.07) is 15.8. The third-order valence-electron chi connectivity index (χ3n) is 6.78. The van der Waals surface area contributed by atoms with Gasteiger partial charge < -0.3 is 19.1 Å². The average molecular weight is 523 g/mol. The summed E-state index contributed by atoms with van der Waals surface area (Å²) in [4.78, 5) is 33.6. The molecule has 0 saturated heterocycles. The first kappa shape index (κ1) is 26.7. The number of aryl methyl sites for hydroxylation is 2. The van der Waals surface area contributed by atoms with Crippen molar-refractivity contribution in [3.05, 3.63) is 75.2 Å². The second-order valence-corrected chi connectivity index (χ2v) is 10.5. The predicted molar refractivity (Wildman–Crippen MR) is 143 cm³/mol. The molecule has 1 heterocycles. The van der Waals surface area contributed by atoms with E-state index in [1.165, 1.54) is 16.9 Å². The maximum atomic E-state index is 14.0. The van der Waals surface area contributed by atoms with Crippen molar-refractivity contribution >= 4 is 23.2 Å². The van der Waals surface area contributed by atoms with Crippen molar-refractivity contribution in [2.24, 2.45) is 0 Å². The number of methoxy groups -OCH3 is 2. The van der Waals surface area contributed by atoms with Gasteiger partial charge in [-0.1, -0.05) is 24.3 Å². The Morgan fingerprint density at radius 3 is 2.19 bits per heavy atom. The Labute approximate surface area is 222 Å². The van der Waals surface area contributed by atoms with Gasteiger partial charge in [0.15, 0.2) is 5.69 Å². The zero-order valence-electron chi connectivity index (χ0n) is 21.9. The Balaban J connectivity index is 1.53. The fourth-order valence-corrected chi connectivity index (χ4v) is 5.49. The SMILES string of the molecule is CCOC(=O)c1nc(CN(CCCc2ccc(OC)cc2)C(=O)C2(c3ccc(OC)cc3)CC2)sc1C. The van der Waals surface area contributed by atoms with Crippen LogP contribution in [0.3, 0.4) is 0 Å². The van der Waals surface area contributed by atoms with Gasteiger partial charge in [-0.3, -0.25) is 4.79 Å². The molecule has 1 saturated carbocycles. The van der Waals surface area contributed by atoms with Crippen LogP contribution in [-0.2, 0) is 27.9 Å². The number of aromatic nitrogens is 1. The second kappa shape index (κ2) is 11.8. The van der Waals surface area contributed by atoms with Crippen molar-refractivity contribution in [3.63, 3.8) is 0 Å². The van der Waals surface area contributed by atoms with Crippen molar-refractivity contribution in [1.82, 2.24) is 9.88 Å². The van der Waals surface area contributed by atoms with Gasteiger partial charge >= 0.3 is 5.97 Å². The standard InChI is InChI=1S/C29H34N2O5S/c1-5-36-27(32)26-20(2)37-25(30-26)19-31(18-6-7-21-8-12-23(34-3)13-9-21)28(33)29(16-17-29)22-10-14-24(35-4)15-11-22/h8-15H,5-7,16-19H2,1-4H3. The normalized spacial score (nSPS) is 13.6. The molecule has 1 amide bonds. The Hall–Kier alpha value is -3.39. The van der Waals surface area contributed by atoms with Gasteiger partial charge in [-0.2, -0.15) is 0 Å². The van der Waals surface area contributed by atoms with Crippen molar-refractivity contribution < 1.29 is 23.8 Å². The molecule has 1 aliphatic carbocycles. The van der Waals surface area contributed by atoms with Crippen molar-refractivity contribution in [2.75, 3.05) is 27.4 Å². The minimum absolute atomic E-state index is 0.109. The Bertz CT molecular complexity index is 1220. The number of hydrogen-bond donors (Lipinski definition) is 0. The Kier molecular flexibility index (Phi) is 8.48. The number of ether oxygens (including phenoxy) is 3. The van der Waals surface area contributed by atoms with Crippen LogP contribution in [0.25, 0.3) is 0 Å². The molecule has 0 radical (unpaired) electrons. The summed E-state index contributed by atoms with van der Waals surface area (Å²) in [7, 11) is 3.29. The molecule has 4 rings (SSSR count). The lowest BCUT2D eigenvalue weighted by molar-refractivity contribution is -0.134. The van der Waals surface area contributed by atoms with Gasteiger partial charge in [-0.15, -0.1) is 11.3 Å². The number of carbonyl (C=O) groups is 2. The topological polar surface area (TPSA) is 78.0 Å². The average Bonchev–Trinajstić information content (AvgIpc) is 3.65. The van der Waals surface area contributed by atoms with E-state index < -0.39 is 11.4 Å². The molecule has 0 atom stereocenters. The van der Waals surface area contributed by atoms with E-state index in [0.717, 1.165) is 52.6 Å². The van der Waals surface area contributed by atoms with Gasteiger partial charge in [0, 0.05) is 11.4 Å². The highest BCUT2D eigenvalue weighted by atomic mass is 32.1. The molecule has 0 bridgehead atoms. The third kappa shape index (κ3) is 6.13. The summed E-state index contributed by atoms with van der Waals surface area (Å²) in [6.45, 7) is 4.90. The maximum absolute atomic E-state index is 14.0. The molecule has 0 spiro atoms. The zero-order valence-corrected chi connectivity index (χ0v) is 22.7. The number of hydrogen-bond acceptors (Lipinski definition) is 7. The molecule has 37 heavy (non-hydrogen) atoms. The minimum Gasteiger partial charge on any atom is -0.497 e. The minimum atomic E-state index is -0.511. The molecule has 0 unspecified atom stereocenters. The molecule has 0 N–H and O–H groups in total. The molecule has 1 fully saturated rings. The van der Waals surface area contributed by atoms with E-state index >= 15 is 0 Å². The van der Waals surface area contributed by atoms with Gasteiger partial charge in [-0.05, 0) is 74.9 Å². The number of rotatable bonds is 12. The van der Waals surface area contributed by atoms with E-state index in [2.05, 4.69) is 17.1 Å². The van der Waals surface area contributed by atoms with Crippen molar-refractivity contribution in [1.29, 1.82) is 0 Å². The number of carbonyl (C=O) groups excluding carboxylic acids is 2. The fraction of sp³-hybridized carbons (Fsp3) is 0.414. The molecule has 0 aliphatic heterocycles. The lowest BCUT2D eigenvalue weighted by Crippen LogP contribution is -2.39. The van der Waals surface area contributed by atoms with E-state index in [1.54, 1.807) is 21.1 Å². The molecule has 2 aromatic carbocycles. The fourth-order valence-electron chi connectivity index (χ4n) is 4.55. The molecule has 1 aromatic heterocycles. The smallest absolute Gasteiger partial charge is 0.358 e. The van der Waals surface area contributed by atoms with Crippen LogP contribution in [0.15, 0.2) is 48.5 Å². The quantitative estimate of drug-likeness (QED) is 0.299. The summed E-state index contributed by atoms with van der Waals surface area (Å²) < 4.78 is 15.7. The molecular formula is C29H34N2O5S. The largest absolute Gasteiger partial charge is 0.497 e. The first-order valence-electron chi connectivity index (χ1n) is 12.6. The number of esters is 1. The summed E-state index contributed by atoms with van der Waals surface area (Å²) in [6.07, 6.45) is 3.29. The number of amides is 1. The van der Waals surface area contributed by atoms with Crippen LogP contribution in [0.5, 0.6) is 11.5 Å². The number of benzene rings is 2. The Morgan fingerprint density at radius 2 is 1.62 bits per heavy atom. The number of nitrogens with zero attached hydrogens (tertiary/aromatic N) is 2. The van der Waals surface area contributed by atoms with Gasteiger partial charge in [-0.25, -0.2) is 9.78 Å². The second-order valence-electron chi connectivity index (χ2n) is 9.22. The molecule has 3 aromatic rings. The van der Waals surface area contributed by atoms with Crippen LogP contribution in [0.4, 0.5) is 0 Å². The summed E-state index contributed by atoms with van der Waals surface area (Å²) in [5.41, 5.74) is 2.03. The molecule has 196 valence electrons. The zero-order chi connectivity index (χ0) is 26.4. The predicted octanol–water partition coefficient (Wildman–Crippen LogP) is 5.34. The van der Waals surface area contributed by atoms with Gasteiger partial charge in [0.25, 0.3) is 0 Å². The highest BCUT2D eigenvalue weighted by Gasteiger charge is 2.53. The first-order chi connectivity index (χ1) is 17.9. The van der Waals surface area contributed by atoms with Gasteiger partial charge in [0.05, 0.1) is 32.8 Å². The van der Waals surface area contributed by atoms with Crippen LogP contribution in [0.1, 0.15) is 57.7 Å². The van der Waals surface area contributed by atoms with Crippen LogP contribution >= 0.6 is 11.3 Å². The van der Waals surface area contributed by atoms with E-state index in [1.807, 2.05) is 48.2 Å². The van der Waals surface area contributed by atoms with E-state index in [-0.39, 0.29) is 5.91 Å². The van der Waals surface area contributed by atoms with E-state index in [9.17, 15) is 9.59 Å². The van der Waals surface area contributed by atoms with Crippen LogP contribution in [0, 0.1) is 6.92 Å². The van der Waals surface area contributed by atoms with Crippen molar-refractivity contribution in [2.45, 2.75) is 51.5 Å². The van der Waals surface area contributed by atoms with E-state index in [0.29, 0.717) is 25.4 Å². The van der Waals surface area contributed by atoms with Crippen LogP contribution in [0.2, 0.25) is 0 Å².